The minimum absolute atomic E-state index is 0.444. The lowest BCUT2D eigenvalue weighted by Crippen LogP contribution is -2.03. The fraction of sp³-hybridized carbons (Fsp3) is 0.500. The summed E-state index contributed by atoms with van der Waals surface area (Å²) >= 11 is 0. The Labute approximate surface area is 30.3 Å². The first-order valence-electron chi connectivity index (χ1n) is 1.22. The van der Waals surface area contributed by atoms with Crippen LogP contribution in [0.15, 0.2) is 5.10 Å². The second kappa shape index (κ2) is 3.27. The molecule has 0 spiro atoms. The fourth-order valence-electron chi connectivity index (χ4n) is 0.0527. The minimum Gasteiger partial charge on any atom is -0.863 e. The summed E-state index contributed by atoms with van der Waals surface area (Å²) in [5.41, 5.74) is 2.27. The normalized spacial score (nSPS) is 9.00. The molecule has 0 aliphatic carbocycles. The lowest BCUT2D eigenvalue weighted by Gasteiger charge is -1.84. The second-order valence-corrected chi connectivity index (χ2v) is 0.458. The topological polar surface area (TPSA) is 47.5 Å². The number of nitrogens with one attached hydrogen (secondary N) is 1. The van der Waals surface area contributed by atoms with E-state index in [4.69, 9.17) is 0 Å². The smallest absolute Gasteiger partial charge is 0.0216 e. The van der Waals surface area contributed by atoms with Gasteiger partial charge in [-0.15, -0.1) is 0 Å². The maximum atomic E-state index is 9.18. The van der Waals surface area contributed by atoms with Gasteiger partial charge in [0.2, 0.25) is 0 Å². The van der Waals surface area contributed by atoms with Gasteiger partial charge >= 0.3 is 0 Å². The van der Waals surface area contributed by atoms with Crippen molar-refractivity contribution >= 4 is 6.40 Å². The zero-order valence-corrected chi connectivity index (χ0v) is 2.93. The highest BCUT2D eigenvalue weighted by Crippen LogP contribution is 1.33. The van der Waals surface area contributed by atoms with Crippen molar-refractivity contribution < 1.29 is 5.11 Å². The van der Waals surface area contributed by atoms with E-state index in [1.54, 1.807) is 7.05 Å². The van der Waals surface area contributed by atoms with Crippen LogP contribution in [-0.2, 0) is 0 Å². The lowest BCUT2D eigenvalue weighted by atomic mass is 11.4. The molecule has 0 atom stereocenters. The van der Waals surface area contributed by atoms with Gasteiger partial charge in [-0.3, -0.25) is 0 Å². The summed E-state index contributed by atoms with van der Waals surface area (Å²) in [5.74, 6) is 0. The molecule has 0 rings (SSSR count). The molecule has 0 aromatic heterocycles. The summed E-state index contributed by atoms with van der Waals surface area (Å²) in [4.78, 5) is 0. The Morgan fingerprint density at radius 2 is 2.60 bits per heavy atom. The van der Waals surface area contributed by atoms with Gasteiger partial charge in [0.25, 0.3) is 0 Å². The number of hydrogen-bond donors (Lipinski definition) is 1. The van der Waals surface area contributed by atoms with Gasteiger partial charge in [0, 0.05) is 7.05 Å². The van der Waals surface area contributed by atoms with E-state index in [0.717, 1.165) is 0 Å². The lowest BCUT2D eigenvalue weighted by molar-refractivity contribution is -0.201. The van der Waals surface area contributed by atoms with Crippen LogP contribution < -0.4 is 10.5 Å². The fourth-order valence-corrected chi connectivity index (χ4v) is 0.0527. The number of nitrogens with zero attached hydrogens (tertiary/aromatic N) is 1. The molecule has 0 bridgehead atoms. The van der Waals surface area contributed by atoms with Crippen molar-refractivity contribution in [3.63, 3.8) is 0 Å². The average Bonchev–Trinajstić information content (AvgIpc) is 1.41. The summed E-state index contributed by atoms with van der Waals surface area (Å²) < 4.78 is 0. The molecule has 0 aliphatic heterocycles. The molecular formula is C2H5N2O-. The number of hydrogen-bond acceptors (Lipinski definition) is 3. The Morgan fingerprint density at radius 3 is 2.60 bits per heavy atom. The van der Waals surface area contributed by atoms with Crippen LogP contribution in [-0.4, -0.2) is 13.4 Å². The van der Waals surface area contributed by atoms with Gasteiger partial charge in [0.1, 0.15) is 0 Å². The van der Waals surface area contributed by atoms with Crippen molar-refractivity contribution in [3.8, 4) is 0 Å². The van der Waals surface area contributed by atoms with Crippen LogP contribution in [0.25, 0.3) is 0 Å². The monoisotopic (exact) mass is 73.0 g/mol. The first-order valence-corrected chi connectivity index (χ1v) is 1.22. The molecule has 0 aliphatic rings. The summed E-state index contributed by atoms with van der Waals surface area (Å²) in [5, 5.41) is 12.2. The summed E-state index contributed by atoms with van der Waals surface area (Å²) in [7, 11) is 1.56. The van der Waals surface area contributed by atoms with E-state index in [0.29, 0.717) is 6.40 Å². The molecule has 3 nitrogen and oxygen atoms in total. The van der Waals surface area contributed by atoms with Crippen LogP contribution in [0, 0.1) is 0 Å². The van der Waals surface area contributed by atoms with E-state index in [2.05, 4.69) is 10.5 Å². The quantitative estimate of drug-likeness (QED) is 0.233. The van der Waals surface area contributed by atoms with E-state index in [9.17, 15) is 5.11 Å². The molecule has 0 fully saturated rings. The SMILES string of the molecule is CNN=C[O-]. The van der Waals surface area contributed by atoms with Crippen molar-refractivity contribution in [2.75, 3.05) is 7.05 Å². The zero-order valence-electron chi connectivity index (χ0n) is 2.93. The van der Waals surface area contributed by atoms with E-state index >= 15 is 0 Å². The van der Waals surface area contributed by atoms with Crippen molar-refractivity contribution in [2.45, 2.75) is 0 Å². The van der Waals surface area contributed by atoms with E-state index in [1.807, 2.05) is 0 Å². The van der Waals surface area contributed by atoms with Crippen molar-refractivity contribution in [1.29, 1.82) is 0 Å². The molecule has 30 valence electrons. The van der Waals surface area contributed by atoms with E-state index < -0.39 is 0 Å². The first kappa shape index (κ1) is 4.27. The Balaban J connectivity index is 2.62. The first-order chi connectivity index (χ1) is 2.41. The van der Waals surface area contributed by atoms with Gasteiger partial charge in [-0.25, -0.2) is 5.10 Å². The Bertz CT molecular complexity index is 34.6. The third-order valence-electron chi connectivity index (χ3n) is 0.182. The van der Waals surface area contributed by atoms with Gasteiger partial charge in [0.05, 0.1) is 0 Å². The van der Waals surface area contributed by atoms with Gasteiger partial charge in [0.15, 0.2) is 0 Å². The summed E-state index contributed by atoms with van der Waals surface area (Å²) in [6.07, 6.45) is 0.444. The third-order valence-corrected chi connectivity index (χ3v) is 0.182. The summed E-state index contributed by atoms with van der Waals surface area (Å²) in [6, 6.07) is 0. The molecule has 0 saturated heterocycles. The molecule has 1 N–H and O–H groups in total. The number of rotatable bonds is 1. The highest BCUT2D eigenvalue weighted by molar-refractivity contribution is 5.39. The maximum absolute atomic E-state index is 9.18. The standard InChI is InChI=1S/C2H6N2O/c1-3-4-2-5/h2-3H,1H3,(H,4,5)/p-1. The second-order valence-electron chi connectivity index (χ2n) is 0.458. The van der Waals surface area contributed by atoms with Crippen LogP contribution in [0.5, 0.6) is 0 Å². The Hall–Kier alpha value is -0.730. The Morgan fingerprint density at radius 1 is 2.00 bits per heavy atom. The maximum Gasteiger partial charge on any atom is 0.0216 e. The van der Waals surface area contributed by atoms with Crippen LogP contribution in [0.1, 0.15) is 0 Å². The zero-order chi connectivity index (χ0) is 4.12. The van der Waals surface area contributed by atoms with Gasteiger partial charge in [-0.1, -0.05) is 0 Å². The number of hydrazone groups is 1. The molecule has 0 aromatic rings. The van der Waals surface area contributed by atoms with Crippen LogP contribution in [0.3, 0.4) is 0 Å². The summed E-state index contributed by atoms with van der Waals surface area (Å²) in [6.45, 7) is 0. The predicted octanol–water partition coefficient (Wildman–Crippen LogP) is -1.49. The molecular weight excluding hydrogens is 68.0 g/mol. The van der Waals surface area contributed by atoms with Crippen LogP contribution in [0.4, 0.5) is 0 Å². The van der Waals surface area contributed by atoms with Gasteiger partial charge in [-0.05, 0) is 6.40 Å². The molecule has 0 unspecified atom stereocenters. The average molecular weight is 73.1 g/mol. The molecule has 0 radical (unpaired) electrons. The Kier molecular flexibility index (Phi) is 2.79. The molecule has 0 aromatic carbocycles. The van der Waals surface area contributed by atoms with Crippen LogP contribution in [0.2, 0.25) is 0 Å². The van der Waals surface area contributed by atoms with Crippen molar-refractivity contribution in [1.82, 2.24) is 5.43 Å². The largest absolute Gasteiger partial charge is 0.863 e. The molecule has 0 heterocycles. The minimum atomic E-state index is 0.444. The predicted molar refractivity (Wildman–Crippen MR) is 17.6 cm³/mol. The molecule has 5 heavy (non-hydrogen) atoms. The van der Waals surface area contributed by atoms with Crippen LogP contribution >= 0.6 is 0 Å². The van der Waals surface area contributed by atoms with E-state index in [1.165, 1.54) is 0 Å². The van der Waals surface area contributed by atoms with Gasteiger partial charge in [-0.2, -0.15) is 0 Å². The van der Waals surface area contributed by atoms with E-state index in [-0.39, 0.29) is 0 Å². The highest BCUT2D eigenvalue weighted by atomic mass is 16.3. The van der Waals surface area contributed by atoms with Crippen molar-refractivity contribution in [2.24, 2.45) is 5.10 Å². The molecule has 3 heteroatoms. The third kappa shape index (κ3) is 3.27. The van der Waals surface area contributed by atoms with Crippen molar-refractivity contribution in [3.05, 3.63) is 0 Å². The van der Waals surface area contributed by atoms with Gasteiger partial charge < -0.3 is 10.5 Å². The molecule has 0 amide bonds. The highest BCUT2D eigenvalue weighted by Gasteiger charge is 1.37. The molecule has 0 saturated carbocycles.